The molecule has 0 aliphatic carbocycles. The summed E-state index contributed by atoms with van der Waals surface area (Å²) in [7, 11) is -1.56. The lowest BCUT2D eigenvalue weighted by Gasteiger charge is -2.08. The number of hydrogen-bond acceptors (Lipinski definition) is 4. The van der Waals surface area contributed by atoms with Crippen molar-refractivity contribution in [2.75, 3.05) is 18.6 Å². The fraction of sp³-hybridized carbons (Fsp3) is 0.417. The zero-order chi connectivity index (χ0) is 13.3. The van der Waals surface area contributed by atoms with E-state index in [2.05, 4.69) is 0 Å². The van der Waals surface area contributed by atoms with Crippen LogP contribution in [0.25, 0.3) is 0 Å². The molecule has 1 aliphatic rings. The summed E-state index contributed by atoms with van der Waals surface area (Å²) in [6.07, 6.45) is 0.394. The molecule has 2 rings (SSSR count). The molecular weight excluding hydrogens is 276 g/mol. The van der Waals surface area contributed by atoms with E-state index in [1.165, 1.54) is 13.2 Å². The van der Waals surface area contributed by atoms with Gasteiger partial charge >= 0.3 is 0 Å². The standard InChI is InChI=1S/C12H13ClO4S/c1-17-11-3-2-8(6-10(11)13)12(14)9-4-5-18(15,16)7-9/h2-3,6,9H,4-5,7H2,1H3. The summed E-state index contributed by atoms with van der Waals surface area (Å²) in [5.41, 5.74) is 0.433. The summed E-state index contributed by atoms with van der Waals surface area (Å²) in [5.74, 6) is -0.0877. The number of rotatable bonds is 3. The molecule has 1 aromatic rings. The van der Waals surface area contributed by atoms with Gasteiger partial charge in [0.15, 0.2) is 15.6 Å². The Balaban J connectivity index is 2.22. The van der Waals surface area contributed by atoms with E-state index in [0.717, 1.165) is 0 Å². The lowest BCUT2D eigenvalue weighted by molar-refractivity contribution is 0.0933. The highest BCUT2D eigenvalue weighted by atomic mass is 35.5. The van der Waals surface area contributed by atoms with Gasteiger partial charge in [0.05, 0.1) is 23.6 Å². The van der Waals surface area contributed by atoms with Gasteiger partial charge in [0.1, 0.15) is 5.75 Å². The second kappa shape index (κ2) is 4.90. The molecule has 98 valence electrons. The van der Waals surface area contributed by atoms with Crippen molar-refractivity contribution in [3.63, 3.8) is 0 Å². The van der Waals surface area contributed by atoms with Crippen LogP contribution in [0.15, 0.2) is 18.2 Å². The van der Waals surface area contributed by atoms with Crippen LogP contribution in [0.3, 0.4) is 0 Å². The number of ether oxygens (including phenoxy) is 1. The Labute approximate surface area is 111 Å². The summed E-state index contributed by atoms with van der Waals surface area (Å²) in [5, 5.41) is 0.351. The lowest BCUT2D eigenvalue weighted by atomic mass is 9.97. The van der Waals surface area contributed by atoms with E-state index in [1.54, 1.807) is 12.1 Å². The number of carbonyl (C=O) groups is 1. The number of sulfone groups is 1. The van der Waals surface area contributed by atoms with Gasteiger partial charge < -0.3 is 4.74 Å². The van der Waals surface area contributed by atoms with Gasteiger partial charge in [-0.3, -0.25) is 4.79 Å². The second-order valence-electron chi connectivity index (χ2n) is 4.31. The van der Waals surface area contributed by atoms with Gasteiger partial charge in [0.2, 0.25) is 0 Å². The van der Waals surface area contributed by atoms with Crippen LogP contribution < -0.4 is 4.74 Å². The number of Topliss-reactive ketones (excluding diaryl/α,β-unsaturated/α-hetero) is 1. The largest absolute Gasteiger partial charge is 0.495 e. The summed E-state index contributed by atoms with van der Waals surface area (Å²) in [4.78, 5) is 12.1. The van der Waals surface area contributed by atoms with Gasteiger partial charge in [-0.1, -0.05) is 11.6 Å². The van der Waals surface area contributed by atoms with Crippen LogP contribution in [0.5, 0.6) is 5.75 Å². The molecule has 1 atom stereocenters. The van der Waals surface area contributed by atoms with E-state index in [9.17, 15) is 13.2 Å². The van der Waals surface area contributed by atoms with Crippen LogP contribution in [0.2, 0.25) is 5.02 Å². The predicted molar refractivity (Wildman–Crippen MR) is 69.1 cm³/mol. The minimum Gasteiger partial charge on any atom is -0.495 e. The maximum absolute atomic E-state index is 12.1. The van der Waals surface area contributed by atoms with Gasteiger partial charge in [-0.15, -0.1) is 0 Å². The molecule has 1 aliphatic heterocycles. The highest BCUT2D eigenvalue weighted by Gasteiger charge is 2.33. The lowest BCUT2D eigenvalue weighted by Crippen LogP contribution is -2.16. The summed E-state index contributed by atoms with van der Waals surface area (Å²) < 4.78 is 27.7. The van der Waals surface area contributed by atoms with E-state index in [1.807, 2.05) is 0 Å². The van der Waals surface area contributed by atoms with Crippen molar-refractivity contribution >= 4 is 27.2 Å². The number of ketones is 1. The third kappa shape index (κ3) is 2.67. The number of carbonyl (C=O) groups excluding carboxylic acids is 1. The average Bonchev–Trinajstić information content (AvgIpc) is 2.68. The molecule has 1 unspecified atom stereocenters. The number of hydrogen-bond donors (Lipinski definition) is 0. The highest BCUT2D eigenvalue weighted by Crippen LogP contribution is 2.28. The Morgan fingerprint density at radius 2 is 2.17 bits per heavy atom. The molecule has 0 aromatic heterocycles. The molecule has 1 heterocycles. The molecule has 0 radical (unpaired) electrons. The molecule has 0 bridgehead atoms. The quantitative estimate of drug-likeness (QED) is 0.798. The van der Waals surface area contributed by atoms with Crippen LogP contribution in [0.1, 0.15) is 16.8 Å². The molecule has 1 saturated heterocycles. The Bertz CT molecular complexity index is 580. The normalized spacial score (nSPS) is 21.8. The Morgan fingerprint density at radius 3 is 2.67 bits per heavy atom. The van der Waals surface area contributed by atoms with Crippen molar-refractivity contribution in [3.8, 4) is 5.75 Å². The molecular formula is C12H13ClO4S. The van der Waals surface area contributed by atoms with E-state index >= 15 is 0 Å². The maximum atomic E-state index is 12.1. The fourth-order valence-electron chi connectivity index (χ4n) is 2.06. The Morgan fingerprint density at radius 1 is 1.44 bits per heavy atom. The Kier molecular flexibility index (Phi) is 3.64. The topological polar surface area (TPSA) is 60.4 Å². The molecule has 0 N–H and O–H groups in total. The SMILES string of the molecule is COc1ccc(C(=O)C2CCS(=O)(=O)C2)cc1Cl. The first kappa shape index (κ1) is 13.4. The number of methoxy groups -OCH3 is 1. The van der Waals surface area contributed by atoms with Gasteiger partial charge in [-0.05, 0) is 24.6 Å². The molecule has 1 aromatic carbocycles. The molecule has 18 heavy (non-hydrogen) atoms. The first-order valence-electron chi connectivity index (χ1n) is 5.51. The summed E-state index contributed by atoms with van der Waals surface area (Å²) in [6.45, 7) is 0. The van der Waals surface area contributed by atoms with E-state index in [0.29, 0.717) is 22.8 Å². The first-order chi connectivity index (χ1) is 8.43. The first-order valence-corrected chi connectivity index (χ1v) is 7.71. The second-order valence-corrected chi connectivity index (χ2v) is 6.95. The van der Waals surface area contributed by atoms with Crippen LogP contribution in [-0.4, -0.2) is 32.8 Å². The molecule has 4 nitrogen and oxygen atoms in total. The third-order valence-corrected chi connectivity index (χ3v) is 5.10. The van der Waals surface area contributed by atoms with Gasteiger partial charge in [0, 0.05) is 11.5 Å². The van der Waals surface area contributed by atoms with Crippen LogP contribution >= 0.6 is 11.6 Å². The summed E-state index contributed by atoms with van der Waals surface area (Å²) in [6, 6.07) is 4.74. The van der Waals surface area contributed by atoms with Crippen molar-refractivity contribution in [1.82, 2.24) is 0 Å². The van der Waals surface area contributed by atoms with Crippen molar-refractivity contribution in [2.45, 2.75) is 6.42 Å². The van der Waals surface area contributed by atoms with E-state index < -0.39 is 15.8 Å². The van der Waals surface area contributed by atoms with Crippen molar-refractivity contribution in [3.05, 3.63) is 28.8 Å². The van der Waals surface area contributed by atoms with Gasteiger partial charge in [0.25, 0.3) is 0 Å². The van der Waals surface area contributed by atoms with Crippen LogP contribution in [-0.2, 0) is 9.84 Å². The molecule has 0 spiro atoms. The van der Waals surface area contributed by atoms with Crippen LogP contribution in [0, 0.1) is 5.92 Å². The molecule has 6 heteroatoms. The zero-order valence-electron chi connectivity index (χ0n) is 9.85. The van der Waals surface area contributed by atoms with Crippen molar-refractivity contribution in [2.24, 2.45) is 5.92 Å². The maximum Gasteiger partial charge on any atom is 0.167 e. The minimum absolute atomic E-state index is 0.0600. The molecule has 0 amide bonds. The summed E-state index contributed by atoms with van der Waals surface area (Å²) >= 11 is 5.94. The zero-order valence-corrected chi connectivity index (χ0v) is 11.4. The predicted octanol–water partition coefficient (Wildman–Crippen LogP) is 1.97. The Hall–Kier alpha value is -1.07. The number of halogens is 1. The average molecular weight is 289 g/mol. The monoisotopic (exact) mass is 288 g/mol. The van der Waals surface area contributed by atoms with Gasteiger partial charge in [-0.2, -0.15) is 0 Å². The number of benzene rings is 1. The van der Waals surface area contributed by atoms with E-state index in [-0.39, 0.29) is 17.3 Å². The minimum atomic E-state index is -3.05. The fourth-order valence-corrected chi connectivity index (χ4v) is 4.06. The van der Waals surface area contributed by atoms with E-state index in [4.69, 9.17) is 16.3 Å². The smallest absolute Gasteiger partial charge is 0.167 e. The molecule has 1 fully saturated rings. The van der Waals surface area contributed by atoms with Crippen molar-refractivity contribution < 1.29 is 17.9 Å². The van der Waals surface area contributed by atoms with Crippen molar-refractivity contribution in [1.29, 1.82) is 0 Å². The highest BCUT2D eigenvalue weighted by molar-refractivity contribution is 7.91. The molecule has 0 saturated carbocycles. The third-order valence-electron chi connectivity index (χ3n) is 3.04. The van der Waals surface area contributed by atoms with Crippen LogP contribution in [0.4, 0.5) is 0 Å². The van der Waals surface area contributed by atoms with Gasteiger partial charge in [-0.25, -0.2) is 8.42 Å².